The summed E-state index contributed by atoms with van der Waals surface area (Å²) in [5.41, 5.74) is 5.18. The normalized spacial score (nSPS) is 14.6. The third kappa shape index (κ3) is 1.49. The molecule has 1 heterocycles. The van der Waals surface area contributed by atoms with E-state index in [1.54, 1.807) is 0 Å². The SMILES string of the molecule is NNC(=O)c1cccc2c1CCNC2. The molecule has 0 bridgehead atoms. The Balaban J connectivity index is 2.45. The van der Waals surface area contributed by atoms with Crippen molar-refractivity contribution in [2.24, 2.45) is 5.84 Å². The van der Waals surface area contributed by atoms with Crippen LogP contribution in [0.1, 0.15) is 21.5 Å². The van der Waals surface area contributed by atoms with Gasteiger partial charge in [0.1, 0.15) is 0 Å². The zero-order chi connectivity index (χ0) is 9.97. The van der Waals surface area contributed by atoms with Gasteiger partial charge in [-0.3, -0.25) is 10.2 Å². The van der Waals surface area contributed by atoms with Crippen LogP contribution in [0.4, 0.5) is 0 Å². The van der Waals surface area contributed by atoms with Gasteiger partial charge in [0, 0.05) is 12.1 Å². The number of fused-ring (bicyclic) bond motifs is 1. The maximum Gasteiger partial charge on any atom is 0.265 e. The van der Waals surface area contributed by atoms with Crippen molar-refractivity contribution in [3.63, 3.8) is 0 Å². The van der Waals surface area contributed by atoms with E-state index < -0.39 is 0 Å². The van der Waals surface area contributed by atoms with Crippen molar-refractivity contribution in [1.82, 2.24) is 10.7 Å². The Labute approximate surface area is 82.5 Å². The van der Waals surface area contributed by atoms with Gasteiger partial charge in [0.25, 0.3) is 5.91 Å². The molecule has 1 aromatic carbocycles. The van der Waals surface area contributed by atoms with Crippen molar-refractivity contribution >= 4 is 5.91 Å². The van der Waals surface area contributed by atoms with Crippen LogP contribution in [0.2, 0.25) is 0 Å². The summed E-state index contributed by atoms with van der Waals surface area (Å²) >= 11 is 0. The monoisotopic (exact) mass is 191 g/mol. The summed E-state index contributed by atoms with van der Waals surface area (Å²) in [6, 6.07) is 5.73. The largest absolute Gasteiger partial charge is 0.312 e. The number of rotatable bonds is 1. The van der Waals surface area contributed by atoms with Crippen molar-refractivity contribution in [2.45, 2.75) is 13.0 Å². The van der Waals surface area contributed by atoms with Gasteiger partial charge in [-0.2, -0.15) is 0 Å². The Morgan fingerprint density at radius 2 is 2.36 bits per heavy atom. The van der Waals surface area contributed by atoms with Crippen molar-refractivity contribution < 1.29 is 4.79 Å². The van der Waals surface area contributed by atoms with E-state index in [-0.39, 0.29) is 5.91 Å². The zero-order valence-corrected chi connectivity index (χ0v) is 7.84. The lowest BCUT2D eigenvalue weighted by molar-refractivity contribution is 0.0952. The van der Waals surface area contributed by atoms with Crippen molar-refractivity contribution in [3.05, 3.63) is 34.9 Å². The van der Waals surface area contributed by atoms with Crippen LogP contribution < -0.4 is 16.6 Å². The Morgan fingerprint density at radius 3 is 3.14 bits per heavy atom. The molecule has 74 valence electrons. The fourth-order valence-corrected chi connectivity index (χ4v) is 1.82. The molecule has 1 aromatic rings. The van der Waals surface area contributed by atoms with Crippen LogP contribution in [-0.2, 0) is 13.0 Å². The fourth-order valence-electron chi connectivity index (χ4n) is 1.82. The van der Waals surface area contributed by atoms with Gasteiger partial charge < -0.3 is 5.32 Å². The average Bonchev–Trinajstić information content (AvgIpc) is 2.27. The maximum atomic E-state index is 11.4. The predicted molar refractivity (Wildman–Crippen MR) is 53.5 cm³/mol. The molecule has 0 aromatic heterocycles. The molecule has 4 nitrogen and oxygen atoms in total. The minimum Gasteiger partial charge on any atom is -0.312 e. The van der Waals surface area contributed by atoms with E-state index in [9.17, 15) is 4.79 Å². The van der Waals surface area contributed by atoms with E-state index in [4.69, 9.17) is 5.84 Å². The van der Waals surface area contributed by atoms with Crippen LogP contribution in [0.5, 0.6) is 0 Å². The lowest BCUT2D eigenvalue weighted by Crippen LogP contribution is -2.33. The van der Waals surface area contributed by atoms with Crippen molar-refractivity contribution in [1.29, 1.82) is 0 Å². The molecule has 0 atom stereocenters. The van der Waals surface area contributed by atoms with E-state index in [0.717, 1.165) is 25.1 Å². The molecule has 2 rings (SSSR count). The highest BCUT2D eigenvalue weighted by Crippen LogP contribution is 2.18. The van der Waals surface area contributed by atoms with Crippen LogP contribution in [0.25, 0.3) is 0 Å². The van der Waals surface area contributed by atoms with E-state index in [0.29, 0.717) is 5.56 Å². The second-order valence-corrected chi connectivity index (χ2v) is 3.34. The smallest absolute Gasteiger partial charge is 0.265 e. The molecule has 0 spiro atoms. The van der Waals surface area contributed by atoms with Gasteiger partial charge in [0.15, 0.2) is 0 Å². The molecule has 4 N–H and O–H groups in total. The molecule has 1 aliphatic rings. The molecule has 4 heteroatoms. The number of carbonyl (C=O) groups excluding carboxylic acids is 1. The molecule has 0 radical (unpaired) electrons. The number of hydrazine groups is 1. The van der Waals surface area contributed by atoms with Gasteiger partial charge in [0.05, 0.1) is 0 Å². The molecular formula is C10H13N3O. The molecular weight excluding hydrogens is 178 g/mol. The van der Waals surface area contributed by atoms with Crippen molar-refractivity contribution in [2.75, 3.05) is 6.54 Å². The minimum atomic E-state index is -0.205. The van der Waals surface area contributed by atoms with E-state index in [1.165, 1.54) is 5.56 Å². The maximum absolute atomic E-state index is 11.4. The lowest BCUT2D eigenvalue weighted by atomic mass is 9.95. The first-order valence-corrected chi connectivity index (χ1v) is 4.65. The molecule has 0 saturated carbocycles. The van der Waals surface area contributed by atoms with Crippen molar-refractivity contribution in [3.8, 4) is 0 Å². The molecule has 0 aliphatic carbocycles. The predicted octanol–water partition coefficient (Wildman–Crippen LogP) is -0.0642. The highest BCUT2D eigenvalue weighted by Gasteiger charge is 2.15. The summed E-state index contributed by atoms with van der Waals surface area (Å²) in [6.45, 7) is 1.75. The number of hydrogen-bond donors (Lipinski definition) is 3. The van der Waals surface area contributed by atoms with Gasteiger partial charge in [-0.1, -0.05) is 12.1 Å². The van der Waals surface area contributed by atoms with Crippen LogP contribution in [0.15, 0.2) is 18.2 Å². The number of nitrogens with two attached hydrogens (primary N) is 1. The molecule has 14 heavy (non-hydrogen) atoms. The Hall–Kier alpha value is -1.39. The van der Waals surface area contributed by atoms with Gasteiger partial charge in [-0.05, 0) is 30.2 Å². The molecule has 0 fully saturated rings. The Kier molecular flexibility index (Phi) is 2.47. The van der Waals surface area contributed by atoms with Crippen LogP contribution >= 0.6 is 0 Å². The van der Waals surface area contributed by atoms with E-state index in [1.807, 2.05) is 18.2 Å². The highest BCUT2D eigenvalue weighted by atomic mass is 16.2. The first kappa shape index (κ1) is 9.18. The standard InChI is InChI=1S/C10H13N3O/c11-13-10(14)9-3-1-2-7-6-12-5-4-8(7)9/h1-3,12H,4-6,11H2,(H,13,14). The summed E-state index contributed by atoms with van der Waals surface area (Å²) in [5.74, 6) is 4.92. The van der Waals surface area contributed by atoms with E-state index >= 15 is 0 Å². The number of carbonyl (C=O) groups is 1. The topological polar surface area (TPSA) is 67.1 Å². The Bertz CT molecular complexity index is 362. The Morgan fingerprint density at radius 1 is 1.50 bits per heavy atom. The van der Waals surface area contributed by atoms with Crippen LogP contribution in [-0.4, -0.2) is 12.5 Å². The lowest BCUT2D eigenvalue weighted by Gasteiger charge is -2.19. The quantitative estimate of drug-likeness (QED) is 0.331. The summed E-state index contributed by atoms with van der Waals surface area (Å²) < 4.78 is 0. The van der Waals surface area contributed by atoms with Gasteiger partial charge in [-0.25, -0.2) is 5.84 Å². The number of amides is 1. The fraction of sp³-hybridized carbons (Fsp3) is 0.300. The minimum absolute atomic E-state index is 0.205. The average molecular weight is 191 g/mol. The summed E-state index contributed by atoms with van der Waals surface area (Å²) in [6.07, 6.45) is 0.888. The third-order valence-electron chi connectivity index (χ3n) is 2.52. The van der Waals surface area contributed by atoms with Gasteiger partial charge in [-0.15, -0.1) is 0 Å². The highest BCUT2D eigenvalue weighted by molar-refractivity contribution is 5.95. The van der Waals surface area contributed by atoms with Gasteiger partial charge in [0.2, 0.25) is 0 Å². The number of nitrogen functional groups attached to an aromatic ring is 1. The first-order valence-electron chi connectivity index (χ1n) is 4.65. The number of benzene rings is 1. The summed E-state index contributed by atoms with van der Waals surface area (Å²) in [4.78, 5) is 11.4. The summed E-state index contributed by atoms with van der Waals surface area (Å²) in [7, 11) is 0. The number of nitrogens with one attached hydrogen (secondary N) is 2. The van der Waals surface area contributed by atoms with Gasteiger partial charge >= 0.3 is 0 Å². The summed E-state index contributed by atoms with van der Waals surface area (Å²) in [5, 5.41) is 3.26. The first-order chi connectivity index (χ1) is 6.83. The van der Waals surface area contributed by atoms with E-state index in [2.05, 4.69) is 10.7 Å². The van der Waals surface area contributed by atoms with Crippen LogP contribution in [0, 0.1) is 0 Å². The second-order valence-electron chi connectivity index (χ2n) is 3.34. The third-order valence-corrected chi connectivity index (χ3v) is 2.52. The molecule has 0 unspecified atom stereocenters. The number of hydrogen-bond acceptors (Lipinski definition) is 3. The second kappa shape index (κ2) is 3.77. The molecule has 0 saturated heterocycles. The van der Waals surface area contributed by atoms with Crippen LogP contribution in [0.3, 0.4) is 0 Å². The molecule has 1 aliphatic heterocycles. The zero-order valence-electron chi connectivity index (χ0n) is 7.84. The molecule has 1 amide bonds.